The van der Waals surface area contributed by atoms with E-state index in [1.165, 1.54) is 6.20 Å². The molecule has 150 valence electrons. The Morgan fingerprint density at radius 2 is 2.04 bits per heavy atom. The number of nitrogens with zero attached hydrogens (tertiary/aromatic N) is 3. The Labute approximate surface area is 165 Å². The zero-order chi connectivity index (χ0) is 20.1. The molecule has 3 rings (SSSR count). The maximum absolute atomic E-state index is 12.5. The molecule has 1 aliphatic heterocycles. The van der Waals surface area contributed by atoms with E-state index in [0.29, 0.717) is 23.4 Å². The molecule has 2 heterocycles. The number of ether oxygens (including phenoxy) is 2. The number of benzene rings is 1. The van der Waals surface area contributed by atoms with Gasteiger partial charge in [-0.05, 0) is 30.9 Å². The third kappa shape index (κ3) is 4.44. The van der Waals surface area contributed by atoms with Gasteiger partial charge in [0.2, 0.25) is 5.95 Å². The van der Waals surface area contributed by atoms with Gasteiger partial charge in [0, 0.05) is 37.5 Å². The third-order valence-electron chi connectivity index (χ3n) is 5.05. The van der Waals surface area contributed by atoms with Crippen LogP contribution >= 0.6 is 0 Å². The highest BCUT2D eigenvalue weighted by Crippen LogP contribution is 2.25. The third-order valence-corrected chi connectivity index (χ3v) is 5.05. The lowest BCUT2D eigenvalue weighted by Gasteiger charge is -2.30. The smallest absolute Gasteiger partial charge is 0.256 e. The number of nitrogens with two attached hydrogens (primary N) is 1. The molecule has 1 aromatic heterocycles. The Balaban J connectivity index is 1.66. The van der Waals surface area contributed by atoms with Gasteiger partial charge in [-0.15, -0.1) is 0 Å². The highest BCUT2D eigenvalue weighted by atomic mass is 16.5. The number of piperidine rings is 1. The lowest BCUT2D eigenvalue weighted by molar-refractivity contribution is 0.0951. The Morgan fingerprint density at radius 3 is 2.68 bits per heavy atom. The SMILES string of the molecule is COc1ccc(CNC(=O)c2cnc(N3CCC(C)CC3)nc2N)c(OC)c1. The number of nitrogens with one attached hydrogen (secondary N) is 1. The second kappa shape index (κ2) is 8.77. The lowest BCUT2D eigenvalue weighted by atomic mass is 10.00. The second-order valence-electron chi connectivity index (χ2n) is 7.00. The summed E-state index contributed by atoms with van der Waals surface area (Å²) in [6.45, 7) is 4.35. The van der Waals surface area contributed by atoms with Crippen LogP contribution in [0.4, 0.5) is 11.8 Å². The number of hydrogen-bond acceptors (Lipinski definition) is 7. The normalized spacial score (nSPS) is 14.6. The van der Waals surface area contributed by atoms with E-state index in [-0.39, 0.29) is 23.8 Å². The zero-order valence-corrected chi connectivity index (χ0v) is 16.6. The number of carbonyl (C=O) groups excluding carboxylic acids is 1. The van der Waals surface area contributed by atoms with Crippen LogP contribution in [-0.4, -0.2) is 43.2 Å². The summed E-state index contributed by atoms with van der Waals surface area (Å²) in [6.07, 6.45) is 3.71. The summed E-state index contributed by atoms with van der Waals surface area (Å²) in [5.74, 6) is 2.48. The molecular weight excluding hydrogens is 358 g/mol. The molecule has 1 aliphatic rings. The van der Waals surface area contributed by atoms with Crippen LogP contribution in [0.2, 0.25) is 0 Å². The molecule has 0 spiro atoms. The van der Waals surface area contributed by atoms with Crippen LogP contribution in [0.15, 0.2) is 24.4 Å². The van der Waals surface area contributed by atoms with Gasteiger partial charge in [0.05, 0.1) is 19.8 Å². The Morgan fingerprint density at radius 1 is 1.29 bits per heavy atom. The quantitative estimate of drug-likeness (QED) is 0.786. The van der Waals surface area contributed by atoms with Crippen LogP contribution in [0.3, 0.4) is 0 Å². The average molecular weight is 385 g/mol. The fourth-order valence-electron chi connectivity index (χ4n) is 3.19. The summed E-state index contributed by atoms with van der Waals surface area (Å²) in [5, 5.41) is 2.84. The maximum atomic E-state index is 12.5. The molecule has 0 bridgehead atoms. The molecule has 28 heavy (non-hydrogen) atoms. The predicted molar refractivity (Wildman–Crippen MR) is 108 cm³/mol. The Hall–Kier alpha value is -3.03. The van der Waals surface area contributed by atoms with Crippen LogP contribution in [0.5, 0.6) is 11.5 Å². The van der Waals surface area contributed by atoms with Crippen LogP contribution in [0.25, 0.3) is 0 Å². The van der Waals surface area contributed by atoms with Crippen molar-refractivity contribution in [3.8, 4) is 11.5 Å². The monoisotopic (exact) mass is 385 g/mol. The van der Waals surface area contributed by atoms with E-state index in [0.717, 1.165) is 31.5 Å². The minimum absolute atomic E-state index is 0.183. The van der Waals surface area contributed by atoms with Gasteiger partial charge in [-0.3, -0.25) is 4.79 Å². The van der Waals surface area contributed by atoms with Crippen molar-refractivity contribution in [3.05, 3.63) is 35.5 Å². The second-order valence-corrected chi connectivity index (χ2v) is 7.00. The highest BCUT2D eigenvalue weighted by Gasteiger charge is 2.20. The Bertz CT molecular complexity index is 835. The van der Waals surface area contributed by atoms with Gasteiger partial charge >= 0.3 is 0 Å². The topological polar surface area (TPSA) is 103 Å². The first kappa shape index (κ1) is 19.7. The van der Waals surface area contributed by atoms with Gasteiger partial charge in [0.25, 0.3) is 5.91 Å². The van der Waals surface area contributed by atoms with Crippen molar-refractivity contribution in [2.75, 3.05) is 37.9 Å². The van der Waals surface area contributed by atoms with E-state index in [1.54, 1.807) is 20.3 Å². The molecule has 1 fully saturated rings. The number of amides is 1. The first-order chi connectivity index (χ1) is 13.5. The van der Waals surface area contributed by atoms with E-state index in [2.05, 4.69) is 27.1 Å². The molecule has 1 amide bonds. The van der Waals surface area contributed by atoms with Gasteiger partial charge in [0.15, 0.2) is 0 Å². The van der Waals surface area contributed by atoms with Crippen molar-refractivity contribution in [3.63, 3.8) is 0 Å². The molecule has 0 unspecified atom stereocenters. The lowest BCUT2D eigenvalue weighted by Crippen LogP contribution is -2.34. The van der Waals surface area contributed by atoms with Crippen LogP contribution in [0.1, 0.15) is 35.7 Å². The first-order valence-electron chi connectivity index (χ1n) is 9.38. The number of carbonyl (C=O) groups is 1. The fraction of sp³-hybridized carbons (Fsp3) is 0.450. The molecule has 8 heteroatoms. The number of rotatable bonds is 6. The predicted octanol–water partition coefficient (Wildman–Crippen LogP) is 2.24. The summed E-state index contributed by atoms with van der Waals surface area (Å²) in [4.78, 5) is 23.4. The first-order valence-corrected chi connectivity index (χ1v) is 9.38. The molecule has 3 N–H and O–H groups in total. The molecule has 0 saturated carbocycles. The number of aromatic nitrogens is 2. The van der Waals surface area contributed by atoms with Gasteiger partial charge in [-0.25, -0.2) is 4.98 Å². The van der Waals surface area contributed by atoms with Crippen molar-refractivity contribution >= 4 is 17.7 Å². The van der Waals surface area contributed by atoms with Crippen molar-refractivity contribution < 1.29 is 14.3 Å². The van der Waals surface area contributed by atoms with Gasteiger partial charge < -0.3 is 25.4 Å². The van der Waals surface area contributed by atoms with Crippen LogP contribution < -0.4 is 25.4 Å². The van der Waals surface area contributed by atoms with Gasteiger partial charge in [-0.2, -0.15) is 4.98 Å². The summed E-state index contributed by atoms with van der Waals surface area (Å²) in [5.41, 5.74) is 7.13. The van der Waals surface area contributed by atoms with Crippen molar-refractivity contribution in [2.24, 2.45) is 5.92 Å². The zero-order valence-electron chi connectivity index (χ0n) is 16.6. The molecule has 1 aromatic carbocycles. The van der Waals surface area contributed by atoms with Gasteiger partial charge in [0.1, 0.15) is 17.3 Å². The molecule has 1 saturated heterocycles. The minimum Gasteiger partial charge on any atom is -0.497 e. The summed E-state index contributed by atoms with van der Waals surface area (Å²) in [6, 6.07) is 5.43. The summed E-state index contributed by atoms with van der Waals surface area (Å²) >= 11 is 0. The van der Waals surface area contributed by atoms with Crippen molar-refractivity contribution in [1.29, 1.82) is 0 Å². The molecule has 0 aliphatic carbocycles. The average Bonchev–Trinajstić information content (AvgIpc) is 2.72. The van der Waals surface area contributed by atoms with Crippen LogP contribution in [-0.2, 0) is 6.54 Å². The molecule has 8 nitrogen and oxygen atoms in total. The van der Waals surface area contributed by atoms with Crippen LogP contribution in [0, 0.1) is 5.92 Å². The van der Waals surface area contributed by atoms with Gasteiger partial charge in [-0.1, -0.05) is 6.92 Å². The molecule has 2 aromatic rings. The van der Waals surface area contributed by atoms with E-state index in [1.807, 2.05) is 12.1 Å². The van der Waals surface area contributed by atoms with E-state index < -0.39 is 0 Å². The molecule has 0 atom stereocenters. The highest BCUT2D eigenvalue weighted by molar-refractivity contribution is 5.98. The number of methoxy groups -OCH3 is 2. The number of anilines is 2. The van der Waals surface area contributed by atoms with Crippen molar-refractivity contribution in [1.82, 2.24) is 15.3 Å². The maximum Gasteiger partial charge on any atom is 0.256 e. The molecule has 0 radical (unpaired) electrons. The fourth-order valence-corrected chi connectivity index (χ4v) is 3.19. The minimum atomic E-state index is -0.325. The van der Waals surface area contributed by atoms with E-state index in [4.69, 9.17) is 15.2 Å². The standard InChI is InChI=1S/C20H27N5O3/c1-13-6-8-25(9-7-13)20-23-12-16(18(21)24-20)19(26)22-11-14-4-5-15(27-2)10-17(14)28-3/h4-5,10,12-13H,6-9,11H2,1-3H3,(H,22,26)(H2,21,23,24). The Kier molecular flexibility index (Phi) is 6.18. The van der Waals surface area contributed by atoms with Crippen molar-refractivity contribution in [2.45, 2.75) is 26.3 Å². The van der Waals surface area contributed by atoms with E-state index >= 15 is 0 Å². The largest absolute Gasteiger partial charge is 0.497 e. The van der Waals surface area contributed by atoms with E-state index in [9.17, 15) is 4.79 Å². The number of hydrogen-bond donors (Lipinski definition) is 2. The summed E-state index contributed by atoms with van der Waals surface area (Å²) < 4.78 is 10.5. The molecular formula is C20H27N5O3. The summed E-state index contributed by atoms with van der Waals surface area (Å²) in [7, 11) is 3.17. The number of nitrogen functional groups attached to an aromatic ring is 1.